The van der Waals surface area contributed by atoms with Crippen molar-refractivity contribution in [1.29, 1.82) is 0 Å². The Morgan fingerprint density at radius 2 is 1.57 bits per heavy atom. The van der Waals surface area contributed by atoms with Crippen molar-refractivity contribution >= 4 is 23.1 Å². The van der Waals surface area contributed by atoms with Gasteiger partial charge in [0.1, 0.15) is 0 Å². The minimum absolute atomic E-state index is 0.826. The molecule has 0 fully saturated rings. The van der Waals surface area contributed by atoms with E-state index in [2.05, 4.69) is 68.8 Å². The molecule has 107 valence electrons. The Labute approximate surface area is 145 Å². The zero-order valence-electron chi connectivity index (χ0n) is 12.2. The molecule has 3 heteroatoms. The quantitative estimate of drug-likeness (QED) is 0.591. The van der Waals surface area contributed by atoms with Crippen molar-refractivity contribution in [2.75, 3.05) is 0 Å². The number of fused-ring (bicyclic) bond motifs is 1. The van der Waals surface area contributed by atoms with Crippen molar-refractivity contribution in [3.05, 3.63) is 82.3 Å². The van der Waals surface area contributed by atoms with E-state index in [9.17, 15) is 0 Å². The summed E-state index contributed by atoms with van der Waals surface area (Å²) >= 11 is -0.826. The molecule has 1 radical (unpaired) electrons. The topological polar surface area (TPSA) is 0 Å². The standard InChI is InChI=1S/C18H17.2ClH.Zr/c1-13-10-17-14(2)8-9-16(18(17)11-13)12-15-6-4-3-5-7-15;;;/h3-11H,12H2,1-2H3;2*1H;/q;;;+2/p-2. The van der Waals surface area contributed by atoms with Crippen LogP contribution < -0.4 is 0 Å². The van der Waals surface area contributed by atoms with E-state index in [1.807, 2.05) is 0 Å². The number of rotatable bonds is 2. The fourth-order valence-corrected chi connectivity index (χ4v) is 2.62. The molecule has 0 bridgehead atoms. The Morgan fingerprint density at radius 1 is 0.905 bits per heavy atom. The third-order valence-corrected chi connectivity index (χ3v) is 3.58. The first-order valence-electron chi connectivity index (χ1n) is 6.81. The summed E-state index contributed by atoms with van der Waals surface area (Å²) < 4.78 is 0. The van der Waals surface area contributed by atoms with Crippen LogP contribution in [0, 0.1) is 13.3 Å². The fraction of sp³-hybridized carbons (Fsp3) is 0.167. The summed E-state index contributed by atoms with van der Waals surface area (Å²) in [4.78, 5) is 0. The van der Waals surface area contributed by atoms with Gasteiger partial charge in [-0.15, -0.1) is 0 Å². The molecule has 0 nitrogen and oxygen atoms in total. The second kappa shape index (κ2) is 8.32. The summed E-state index contributed by atoms with van der Waals surface area (Å²) in [5.41, 5.74) is 8.34. The van der Waals surface area contributed by atoms with Gasteiger partial charge >= 0.3 is 37.9 Å². The van der Waals surface area contributed by atoms with Crippen LogP contribution in [0.1, 0.15) is 34.7 Å². The molecule has 0 saturated carbocycles. The van der Waals surface area contributed by atoms with Crippen molar-refractivity contribution in [2.24, 2.45) is 0 Å². The first kappa shape index (κ1) is 17.0. The molecule has 1 aliphatic rings. The Kier molecular flexibility index (Phi) is 6.74. The number of benzene rings is 2. The summed E-state index contributed by atoms with van der Waals surface area (Å²) in [6.07, 6.45) is 5.61. The SMILES string of the molecule is CC1=Cc2c(Cc3ccccc3)ccc(C)c2[CH]1.[Cl][Zr][Cl]. The van der Waals surface area contributed by atoms with Crippen LogP contribution in [0.2, 0.25) is 0 Å². The summed E-state index contributed by atoms with van der Waals surface area (Å²) in [7, 11) is 9.87. The number of allylic oxidation sites excluding steroid dienone is 1. The monoisotopic (exact) mass is 393 g/mol. The maximum absolute atomic E-state index is 4.93. The maximum atomic E-state index is 4.93. The second-order valence-electron chi connectivity index (χ2n) is 5.14. The van der Waals surface area contributed by atoms with Gasteiger partial charge in [-0.25, -0.2) is 0 Å². The molecule has 0 N–H and O–H groups in total. The molecule has 0 amide bonds. The Balaban J connectivity index is 0.000000497. The Morgan fingerprint density at radius 3 is 2.24 bits per heavy atom. The van der Waals surface area contributed by atoms with Crippen LogP contribution in [-0.4, -0.2) is 0 Å². The van der Waals surface area contributed by atoms with E-state index in [0.29, 0.717) is 0 Å². The van der Waals surface area contributed by atoms with Crippen molar-refractivity contribution < 1.29 is 20.8 Å². The van der Waals surface area contributed by atoms with Crippen LogP contribution in [0.4, 0.5) is 0 Å². The van der Waals surface area contributed by atoms with E-state index in [1.54, 1.807) is 0 Å². The van der Waals surface area contributed by atoms with E-state index >= 15 is 0 Å². The zero-order chi connectivity index (χ0) is 15.2. The summed E-state index contributed by atoms with van der Waals surface area (Å²) in [6.45, 7) is 4.36. The van der Waals surface area contributed by atoms with Gasteiger partial charge in [0, 0.05) is 6.42 Å². The Bertz CT molecular complexity index is 633. The number of halogens is 2. The van der Waals surface area contributed by atoms with Crippen LogP contribution in [-0.2, 0) is 27.3 Å². The van der Waals surface area contributed by atoms with Gasteiger partial charge in [-0.05, 0) is 48.1 Å². The molecule has 2 aromatic rings. The molecule has 21 heavy (non-hydrogen) atoms. The molecule has 0 unspecified atom stereocenters. The summed E-state index contributed by atoms with van der Waals surface area (Å²) in [6, 6.07) is 15.2. The summed E-state index contributed by atoms with van der Waals surface area (Å²) in [5, 5.41) is 0. The third-order valence-electron chi connectivity index (χ3n) is 3.58. The first-order chi connectivity index (χ1) is 10.2. The molecule has 3 rings (SSSR count). The average Bonchev–Trinajstić information content (AvgIpc) is 2.87. The van der Waals surface area contributed by atoms with Crippen molar-refractivity contribution in [1.82, 2.24) is 0 Å². The van der Waals surface area contributed by atoms with Gasteiger partial charge in [-0.2, -0.15) is 0 Å². The second-order valence-corrected chi connectivity index (χ2v) is 8.87. The molecule has 0 spiro atoms. The fourth-order valence-electron chi connectivity index (χ4n) is 2.62. The van der Waals surface area contributed by atoms with Gasteiger partial charge < -0.3 is 0 Å². The average molecular weight is 395 g/mol. The predicted octanol–water partition coefficient (Wildman–Crippen LogP) is 5.93. The normalized spacial score (nSPS) is 12.1. The molecule has 0 heterocycles. The van der Waals surface area contributed by atoms with Crippen LogP contribution in [0.3, 0.4) is 0 Å². The van der Waals surface area contributed by atoms with Crippen LogP contribution in [0.5, 0.6) is 0 Å². The Hall–Kier alpha value is -0.357. The van der Waals surface area contributed by atoms with Crippen LogP contribution >= 0.6 is 17.0 Å². The van der Waals surface area contributed by atoms with Crippen LogP contribution in [0.25, 0.3) is 6.08 Å². The summed E-state index contributed by atoms with van der Waals surface area (Å²) in [5.74, 6) is 0. The third kappa shape index (κ3) is 4.55. The number of hydrogen-bond acceptors (Lipinski definition) is 0. The molecule has 1 aliphatic carbocycles. The molecular formula is C18H17Cl2Zr. The number of aryl methyl sites for hydroxylation is 1. The first-order valence-corrected chi connectivity index (χ1v) is 13.1. The number of hydrogen-bond donors (Lipinski definition) is 0. The van der Waals surface area contributed by atoms with Crippen molar-refractivity contribution in [3.8, 4) is 0 Å². The predicted molar refractivity (Wildman–Crippen MR) is 89.2 cm³/mol. The van der Waals surface area contributed by atoms with Crippen molar-refractivity contribution in [3.63, 3.8) is 0 Å². The zero-order valence-corrected chi connectivity index (χ0v) is 16.1. The van der Waals surface area contributed by atoms with Crippen LogP contribution in [0.15, 0.2) is 48.0 Å². The van der Waals surface area contributed by atoms with Gasteiger partial charge in [0.2, 0.25) is 0 Å². The van der Waals surface area contributed by atoms with E-state index < -0.39 is 20.8 Å². The van der Waals surface area contributed by atoms with E-state index in [0.717, 1.165) is 6.42 Å². The minimum atomic E-state index is -0.826. The van der Waals surface area contributed by atoms with E-state index in [-0.39, 0.29) is 0 Å². The van der Waals surface area contributed by atoms with Gasteiger partial charge in [-0.3, -0.25) is 0 Å². The van der Waals surface area contributed by atoms with E-state index in [4.69, 9.17) is 17.0 Å². The molecule has 0 saturated heterocycles. The van der Waals surface area contributed by atoms with Gasteiger partial charge in [-0.1, -0.05) is 54.1 Å². The van der Waals surface area contributed by atoms with Gasteiger partial charge in [0.05, 0.1) is 0 Å². The van der Waals surface area contributed by atoms with Crippen molar-refractivity contribution in [2.45, 2.75) is 20.3 Å². The molecule has 0 aliphatic heterocycles. The molecular weight excluding hydrogens is 378 g/mol. The van der Waals surface area contributed by atoms with Gasteiger partial charge in [0.25, 0.3) is 0 Å². The molecule has 0 aromatic heterocycles. The molecule has 0 atom stereocenters. The van der Waals surface area contributed by atoms with Gasteiger partial charge in [0.15, 0.2) is 0 Å². The molecule has 2 aromatic carbocycles. The van der Waals surface area contributed by atoms with E-state index in [1.165, 1.54) is 33.4 Å².